The van der Waals surface area contributed by atoms with Gasteiger partial charge >= 0.3 is 0 Å². The van der Waals surface area contributed by atoms with Crippen LogP contribution in [-0.4, -0.2) is 28.7 Å². The number of methoxy groups -OCH3 is 1. The van der Waals surface area contributed by atoms with Gasteiger partial charge in [-0.2, -0.15) is 0 Å². The fraction of sp³-hybridized carbons (Fsp3) is 0.500. The summed E-state index contributed by atoms with van der Waals surface area (Å²) in [5.74, 6) is 0. The predicted molar refractivity (Wildman–Crippen MR) is 75.6 cm³/mol. The molecular formula is C12H19ClN2O3S. The number of benzene rings is 1. The van der Waals surface area contributed by atoms with Gasteiger partial charge in [0, 0.05) is 31.8 Å². The molecule has 0 aromatic heterocycles. The summed E-state index contributed by atoms with van der Waals surface area (Å²) >= 11 is 5.90. The normalized spacial score (nSPS) is 11.7. The van der Waals surface area contributed by atoms with Crippen LogP contribution in [-0.2, 0) is 21.3 Å². The molecule has 0 amide bonds. The molecule has 0 heterocycles. The van der Waals surface area contributed by atoms with Crippen molar-refractivity contribution in [3.63, 3.8) is 0 Å². The highest BCUT2D eigenvalue weighted by Crippen LogP contribution is 2.19. The summed E-state index contributed by atoms with van der Waals surface area (Å²) in [5, 5.41) is 0.474. The molecule has 0 fully saturated rings. The van der Waals surface area contributed by atoms with Crippen molar-refractivity contribution in [1.29, 1.82) is 0 Å². The van der Waals surface area contributed by atoms with E-state index in [2.05, 4.69) is 4.72 Å². The molecule has 7 heteroatoms. The van der Waals surface area contributed by atoms with Gasteiger partial charge in [-0.1, -0.05) is 11.6 Å². The first-order valence-corrected chi connectivity index (χ1v) is 7.84. The first-order valence-electron chi connectivity index (χ1n) is 5.98. The zero-order chi connectivity index (χ0) is 14.3. The van der Waals surface area contributed by atoms with Gasteiger partial charge in [0.2, 0.25) is 10.0 Å². The third-order valence-electron chi connectivity index (χ3n) is 2.61. The number of hydrogen-bond donors (Lipinski definition) is 2. The van der Waals surface area contributed by atoms with E-state index in [9.17, 15) is 8.42 Å². The van der Waals surface area contributed by atoms with Crippen LogP contribution >= 0.6 is 11.6 Å². The maximum absolute atomic E-state index is 12.0. The molecule has 5 nitrogen and oxygen atoms in total. The first kappa shape index (κ1) is 16.4. The Morgan fingerprint density at radius 2 is 2.11 bits per heavy atom. The second-order valence-electron chi connectivity index (χ2n) is 4.06. The molecule has 0 saturated carbocycles. The second kappa shape index (κ2) is 7.81. The number of nitrogens with two attached hydrogens (primary N) is 1. The topological polar surface area (TPSA) is 81.4 Å². The molecule has 0 aliphatic heterocycles. The van der Waals surface area contributed by atoms with Gasteiger partial charge in [-0.05, 0) is 36.6 Å². The van der Waals surface area contributed by atoms with E-state index in [1.807, 2.05) is 0 Å². The van der Waals surface area contributed by atoms with Gasteiger partial charge in [-0.25, -0.2) is 13.1 Å². The van der Waals surface area contributed by atoms with Gasteiger partial charge in [-0.3, -0.25) is 0 Å². The van der Waals surface area contributed by atoms with Gasteiger partial charge < -0.3 is 10.5 Å². The van der Waals surface area contributed by atoms with Crippen LogP contribution in [0.4, 0.5) is 0 Å². The van der Waals surface area contributed by atoms with Crippen molar-refractivity contribution in [1.82, 2.24) is 4.72 Å². The smallest absolute Gasteiger partial charge is 0.240 e. The largest absolute Gasteiger partial charge is 0.385 e. The standard InChI is InChI=1S/C12H19ClN2O3S/c1-18-7-3-2-6-15-19(16,17)11-4-5-12(13)10(8-11)9-14/h4-5,8,15H,2-3,6-7,9,14H2,1H3. The molecule has 0 aliphatic carbocycles. The Labute approximate surface area is 119 Å². The van der Waals surface area contributed by atoms with Crippen LogP contribution in [0.5, 0.6) is 0 Å². The highest BCUT2D eigenvalue weighted by atomic mass is 35.5. The lowest BCUT2D eigenvalue weighted by molar-refractivity contribution is 0.193. The quantitative estimate of drug-likeness (QED) is 0.713. The van der Waals surface area contributed by atoms with Crippen molar-refractivity contribution in [3.05, 3.63) is 28.8 Å². The van der Waals surface area contributed by atoms with Gasteiger partial charge in [0.15, 0.2) is 0 Å². The Morgan fingerprint density at radius 3 is 2.74 bits per heavy atom. The molecule has 0 aliphatic rings. The number of rotatable bonds is 8. The van der Waals surface area contributed by atoms with E-state index in [0.717, 1.165) is 12.8 Å². The van der Waals surface area contributed by atoms with E-state index in [0.29, 0.717) is 23.7 Å². The van der Waals surface area contributed by atoms with Gasteiger partial charge in [0.05, 0.1) is 4.90 Å². The minimum atomic E-state index is -3.50. The summed E-state index contributed by atoms with van der Waals surface area (Å²) < 4.78 is 31.5. The Hall–Kier alpha value is -0.660. The van der Waals surface area contributed by atoms with Crippen LogP contribution in [0.15, 0.2) is 23.1 Å². The zero-order valence-electron chi connectivity index (χ0n) is 10.9. The third kappa shape index (κ3) is 5.08. The Kier molecular flexibility index (Phi) is 6.74. The third-order valence-corrected chi connectivity index (χ3v) is 4.44. The van der Waals surface area contributed by atoms with Gasteiger partial charge in [-0.15, -0.1) is 0 Å². The molecule has 0 atom stereocenters. The Balaban J connectivity index is 2.67. The molecular weight excluding hydrogens is 288 g/mol. The second-order valence-corrected chi connectivity index (χ2v) is 6.23. The number of ether oxygens (including phenoxy) is 1. The predicted octanol–water partition coefficient (Wildman–Crippen LogP) is 1.50. The number of unbranched alkanes of at least 4 members (excludes halogenated alkanes) is 1. The van der Waals surface area contributed by atoms with E-state index in [1.165, 1.54) is 12.1 Å². The number of nitrogens with one attached hydrogen (secondary N) is 1. The Morgan fingerprint density at radius 1 is 1.37 bits per heavy atom. The minimum Gasteiger partial charge on any atom is -0.385 e. The first-order chi connectivity index (χ1) is 9.01. The molecule has 1 rings (SSSR count). The maximum Gasteiger partial charge on any atom is 0.240 e. The molecule has 19 heavy (non-hydrogen) atoms. The fourth-order valence-electron chi connectivity index (χ4n) is 1.54. The van der Waals surface area contributed by atoms with Gasteiger partial charge in [0.25, 0.3) is 0 Å². The number of halogens is 1. The van der Waals surface area contributed by atoms with Crippen LogP contribution in [0.2, 0.25) is 5.02 Å². The number of sulfonamides is 1. The van der Waals surface area contributed by atoms with Crippen molar-refractivity contribution < 1.29 is 13.2 Å². The summed E-state index contributed by atoms with van der Waals surface area (Å²) in [7, 11) is -1.88. The SMILES string of the molecule is COCCCCNS(=O)(=O)c1ccc(Cl)c(CN)c1. The summed E-state index contributed by atoms with van der Waals surface area (Å²) in [6, 6.07) is 4.52. The van der Waals surface area contributed by atoms with Crippen LogP contribution in [0.3, 0.4) is 0 Å². The van der Waals surface area contributed by atoms with Crippen molar-refractivity contribution in [2.75, 3.05) is 20.3 Å². The molecule has 1 aromatic carbocycles. The molecule has 0 radical (unpaired) electrons. The molecule has 1 aromatic rings. The lowest BCUT2D eigenvalue weighted by Crippen LogP contribution is -2.25. The highest BCUT2D eigenvalue weighted by Gasteiger charge is 2.14. The van der Waals surface area contributed by atoms with Crippen LogP contribution in [0.25, 0.3) is 0 Å². The zero-order valence-corrected chi connectivity index (χ0v) is 12.4. The maximum atomic E-state index is 12.0. The lowest BCUT2D eigenvalue weighted by Gasteiger charge is -2.09. The lowest BCUT2D eigenvalue weighted by atomic mass is 10.2. The minimum absolute atomic E-state index is 0.184. The molecule has 3 N–H and O–H groups in total. The highest BCUT2D eigenvalue weighted by molar-refractivity contribution is 7.89. The summed E-state index contributed by atoms with van der Waals surface area (Å²) in [6.45, 7) is 1.21. The van der Waals surface area contributed by atoms with Crippen LogP contribution < -0.4 is 10.5 Å². The van der Waals surface area contributed by atoms with E-state index < -0.39 is 10.0 Å². The van der Waals surface area contributed by atoms with E-state index in [1.54, 1.807) is 13.2 Å². The fourth-order valence-corrected chi connectivity index (χ4v) is 2.85. The van der Waals surface area contributed by atoms with Crippen LogP contribution in [0, 0.1) is 0 Å². The molecule has 0 spiro atoms. The van der Waals surface area contributed by atoms with Crippen molar-refractivity contribution in [2.24, 2.45) is 5.73 Å². The Bertz CT molecular complexity index is 506. The number of hydrogen-bond acceptors (Lipinski definition) is 4. The van der Waals surface area contributed by atoms with E-state index in [-0.39, 0.29) is 11.4 Å². The van der Waals surface area contributed by atoms with Crippen molar-refractivity contribution in [2.45, 2.75) is 24.3 Å². The van der Waals surface area contributed by atoms with Gasteiger partial charge in [0.1, 0.15) is 0 Å². The summed E-state index contributed by atoms with van der Waals surface area (Å²) in [5.41, 5.74) is 6.12. The van der Waals surface area contributed by atoms with Crippen LogP contribution in [0.1, 0.15) is 18.4 Å². The molecule has 108 valence electrons. The van der Waals surface area contributed by atoms with Crippen molar-refractivity contribution in [3.8, 4) is 0 Å². The monoisotopic (exact) mass is 306 g/mol. The summed E-state index contributed by atoms with van der Waals surface area (Å²) in [6.07, 6.45) is 1.54. The van der Waals surface area contributed by atoms with E-state index >= 15 is 0 Å². The average molecular weight is 307 g/mol. The average Bonchev–Trinajstić information content (AvgIpc) is 2.38. The molecule has 0 bridgehead atoms. The van der Waals surface area contributed by atoms with Crippen molar-refractivity contribution >= 4 is 21.6 Å². The van der Waals surface area contributed by atoms with E-state index in [4.69, 9.17) is 22.1 Å². The molecule has 0 unspecified atom stereocenters. The summed E-state index contributed by atoms with van der Waals surface area (Å²) in [4.78, 5) is 0.184. The molecule has 0 saturated heterocycles.